The third kappa shape index (κ3) is 3.04. The molecule has 2 aliphatic rings. The Bertz CT molecular complexity index is 983. The highest BCUT2D eigenvalue weighted by molar-refractivity contribution is 6.33. The van der Waals surface area contributed by atoms with Crippen molar-refractivity contribution in [2.45, 2.75) is 38.3 Å². The molecule has 28 heavy (non-hydrogen) atoms. The highest BCUT2D eigenvalue weighted by atomic mass is 35.5. The van der Waals surface area contributed by atoms with Crippen LogP contribution in [-0.4, -0.2) is 24.0 Å². The second-order valence-electron chi connectivity index (χ2n) is 7.27. The smallest absolute Gasteiger partial charge is 0.338 e. The zero-order chi connectivity index (χ0) is 19.8. The molecule has 2 aromatic carbocycles. The fraction of sp³-hybridized carbons (Fsp3) is 0.318. The molecule has 1 saturated carbocycles. The van der Waals surface area contributed by atoms with Crippen molar-refractivity contribution in [3.05, 3.63) is 64.2 Å². The second kappa shape index (κ2) is 7.29. The predicted molar refractivity (Wildman–Crippen MR) is 105 cm³/mol. The molecule has 1 amide bonds. The third-order valence-electron chi connectivity index (χ3n) is 5.74. The summed E-state index contributed by atoms with van der Waals surface area (Å²) in [6.07, 6.45) is 1.55. The van der Waals surface area contributed by atoms with Gasteiger partial charge in [0, 0.05) is 24.1 Å². The van der Waals surface area contributed by atoms with Gasteiger partial charge in [-0.2, -0.15) is 5.26 Å². The van der Waals surface area contributed by atoms with E-state index in [2.05, 4.69) is 6.07 Å². The molecule has 2 fully saturated rings. The molecule has 3 atom stereocenters. The number of anilines is 1. The first-order valence-corrected chi connectivity index (χ1v) is 9.66. The van der Waals surface area contributed by atoms with Gasteiger partial charge in [0.2, 0.25) is 5.91 Å². The molecular formula is C22H19ClN2O3. The van der Waals surface area contributed by atoms with Crippen LogP contribution in [0.1, 0.15) is 40.7 Å². The number of fused-ring (bicyclic) bond motifs is 1. The maximum absolute atomic E-state index is 12.8. The van der Waals surface area contributed by atoms with E-state index in [9.17, 15) is 9.59 Å². The Hall–Kier alpha value is -2.84. The van der Waals surface area contributed by atoms with Crippen molar-refractivity contribution in [3.63, 3.8) is 0 Å². The number of nitrogens with zero attached hydrogens (tertiary/aromatic N) is 2. The molecule has 1 aliphatic heterocycles. The molecular weight excluding hydrogens is 376 g/mol. The highest BCUT2D eigenvalue weighted by Crippen LogP contribution is 2.44. The van der Waals surface area contributed by atoms with Gasteiger partial charge in [0.15, 0.2) is 0 Å². The van der Waals surface area contributed by atoms with E-state index in [4.69, 9.17) is 21.6 Å². The minimum atomic E-state index is -0.352. The van der Waals surface area contributed by atoms with Crippen LogP contribution < -0.4 is 4.90 Å². The van der Waals surface area contributed by atoms with Gasteiger partial charge in [-0.05, 0) is 49.6 Å². The molecule has 1 saturated heterocycles. The second-order valence-corrected chi connectivity index (χ2v) is 7.65. The molecule has 0 radical (unpaired) electrons. The van der Waals surface area contributed by atoms with Crippen LogP contribution in [0.2, 0.25) is 5.02 Å². The third-order valence-corrected chi connectivity index (χ3v) is 6.22. The summed E-state index contributed by atoms with van der Waals surface area (Å²) in [6.45, 7) is 1.82. The molecule has 0 aromatic heterocycles. The summed E-state index contributed by atoms with van der Waals surface area (Å²) in [4.78, 5) is 27.0. The first-order chi connectivity index (χ1) is 13.5. The number of hydrogen-bond donors (Lipinski definition) is 0. The predicted octanol–water partition coefficient (Wildman–Crippen LogP) is 4.26. The SMILES string of the molecule is Cc1c(N2C(=O)CC3C2CC[C@@H]3OC(=O)c2ccccc2)ccc(C#N)c1Cl. The fourth-order valence-electron chi connectivity index (χ4n) is 4.35. The Labute approximate surface area is 168 Å². The topological polar surface area (TPSA) is 70.4 Å². The summed E-state index contributed by atoms with van der Waals surface area (Å²) in [5.74, 6) is -0.386. The molecule has 2 unspecified atom stereocenters. The summed E-state index contributed by atoms with van der Waals surface area (Å²) < 4.78 is 5.75. The normalized spacial score (nSPS) is 23.4. The molecule has 6 heteroatoms. The van der Waals surface area contributed by atoms with E-state index in [0.717, 1.165) is 24.1 Å². The van der Waals surface area contributed by atoms with Gasteiger partial charge < -0.3 is 9.64 Å². The monoisotopic (exact) mass is 394 g/mol. The first-order valence-electron chi connectivity index (χ1n) is 9.28. The van der Waals surface area contributed by atoms with E-state index < -0.39 is 0 Å². The maximum atomic E-state index is 12.8. The lowest BCUT2D eigenvalue weighted by Gasteiger charge is -2.26. The lowest BCUT2D eigenvalue weighted by Crippen LogP contribution is -2.34. The lowest BCUT2D eigenvalue weighted by molar-refractivity contribution is -0.117. The van der Waals surface area contributed by atoms with Crippen LogP contribution >= 0.6 is 11.6 Å². The summed E-state index contributed by atoms with van der Waals surface area (Å²) in [5.41, 5.74) is 2.37. The number of rotatable bonds is 3. The number of hydrogen-bond acceptors (Lipinski definition) is 4. The Morgan fingerprint density at radius 1 is 1.21 bits per heavy atom. The Morgan fingerprint density at radius 3 is 2.68 bits per heavy atom. The molecule has 4 rings (SSSR count). The molecule has 0 N–H and O–H groups in total. The van der Waals surface area contributed by atoms with Crippen LogP contribution in [0, 0.1) is 24.2 Å². The van der Waals surface area contributed by atoms with E-state index in [-0.39, 0.29) is 29.9 Å². The van der Waals surface area contributed by atoms with Gasteiger partial charge in [-0.3, -0.25) is 4.79 Å². The number of halogens is 1. The molecule has 1 heterocycles. The number of esters is 1. The Balaban J connectivity index is 1.56. The number of benzene rings is 2. The molecule has 1 aliphatic carbocycles. The number of amides is 1. The van der Waals surface area contributed by atoms with Crippen LogP contribution in [0.5, 0.6) is 0 Å². The average Bonchev–Trinajstić information content (AvgIpc) is 3.23. The van der Waals surface area contributed by atoms with E-state index in [1.807, 2.05) is 13.0 Å². The Kier molecular flexibility index (Phi) is 4.82. The van der Waals surface area contributed by atoms with Crippen molar-refractivity contribution >= 4 is 29.2 Å². The van der Waals surface area contributed by atoms with Gasteiger partial charge >= 0.3 is 5.97 Å². The van der Waals surface area contributed by atoms with Crippen molar-refractivity contribution in [3.8, 4) is 6.07 Å². The van der Waals surface area contributed by atoms with Crippen molar-refractivity contribution in [2.24, 2.45) is 5.92 Å². The minimum Gasteiger partial charge on any atom is -0.458 e. The van der Waals surface area contributed by atoms with E-state index >= 15 is 0 Å². The highest BCUT2D eigenvalue weighted by Gasteiger charge is 2.50. The van der Waals surface area contributed by atoms with Gasteiger partial charge in [-0.15, -0.1) is 0 Å². The molecule has 0 spiro atoms. The number of carbonyl (C=O) groups is 2. The van der Waals surface area contributed by atoms with Gasteiger partial charge in [-0.1, -0.05) is 29.8 Å². The Morgan fingerprint density at radius 2 is 1.96 bits per heavy atom. The van der Waals surface area contributed by atoms with Gasteiger partial charge in [-0.25, -0.2) is 4.79 Å². The summed E-state index contributed by atoms with van der Waals surface area (Å²) in [6, 6.07) is 14.4. The molecule has 0 bridgehead atoms. The molecule has 5 nitrogen and oxygen atoms in total. The van der Waals surface area contributed by atoms with E-state index in [0.29, 0.717) is 22.6 Å². The lowest BCUT2D eigenvalue weighted by atomic mass is 10.0. The molecule has 142 valence electrons. The quantitative estimate of drug-likeness (QED) is 0.729. The van der Waals surface area contributed by atoms with Crippen LogP contribution in [0.15, 0.2) is 42.5 Å². The number of nitriles is 1. The van der Waals surface area contributed by atoms with E-state index in [1.165, 1.54) is 0 Å². The van der Waals surface area contributed by atoms with Crippen molar-refractivity contribution in [1.29, 1.82) is 5.26 Å². The van der Waals surface area contributed by atoms with Gasteiger partial charge in [0.25, 0.3) is 0 Å². The summed E-state index contributed by atoms with van der Waals surface area (Å²) in [7, 11) is 0. The maximum Gasteiger partial charge on any atom is 0.338 e. The zero-order valence-electron chi connectivity index (χ0n) is 15.4. The first kappa shape index (κ1) is 18.5. The van der Waals surface area contributed by atoms with Crippen molar-refractivity contribution in [1.82, 2.24) is 0 Å². The van der Waals surface area contributed by atoms with Crippen molar-refractivity contribution < 1.29 is 14.3 Å². The number of carbonyl (C=O) groups excluding carboxylic acids is 2. The van der Waals surface area contributed by atoms with Crippen LogP contribution in [-0.2, 0) is 9.53 Å². The van der Waals surface area contributed by atoms with Crippen LogP contribution in [0.4, 0.5) is 5.69 Å². The van der Waals surface area contributed by atoms with E-state index in [1.54, 1.807) is 41.3 Å². The van der Waals surface area contributed by atoms with Gasteiger partial charge in [0.05, 0.1) is 16.1 Å². The number of ether oxygens (including phenoxy) is 1. The zero-order valence-corrected chi connectivity index (χ0v) is 16.1. The summed E-state index contributed by atoms with van der Waals surface area (Å²) >= 11 is 6.30. The fourth-order valence-corrected chi connectivity index (χ4v) is 4.55. The van der Waals surface area contributed by atoms with Crippen molar-refractivity contribution in [2.75, 3.05) is 4.90 Å². The van der Waals surface area contributed by atoms with Crippen LogP contribution in [0.25, 0.3) is 0 Å². The largest absolute Gasteiger partial charge is 0.458 e. The average molecular weight is 395 g/mol. The van der Waals surface area contributed by atoms with Gasteiger partial charge in [0.1, 0.15) is 12.2 Å². The standard InChI is InChI=1S/C22H19ClN2O3/c1-13-17(8-7-15(12-24)21(13)23)25-18-9-10-19(16(18)11-20(25)26)28-22(27)14-5-3-2-4-6-14/h2-8,16,18-19H,9-11H2,1H3/t16?,18?,19-/m0/s1. The molecule has 2 aromatic rings. The van der Waals surface area contributed by atoms with Crippen LogP contribution in [0.3, 0.4) is 0 Å². The minimum absolute atomic E-state index is 0.000616. The summed E-state index contributed by atoms with van der Waals surface area (Å²) in [5, 5.41) is 9.53.